The summed E-state index contributed by atoms with van der Waals surface area (Å²) in [6.45, 7) is 7.35. The fourth-order valence-corrected chi connectivity index (χ4v) is 3.19. The van der Waals surface area contributed by atoms with Crippen molar-refractivity contribution >= 4 is 5.91 Å². The van der Waals surface area contributed by atoms with Gasteiger partial charge in [-0.3, -0.25) is 4.79 Å². The number of hydrogen-bond donors (Lipinski definition) is 2. The van der Waals surface area contributed by atoms with Gasteiger partial charge >= 0.3 is 0 Å². The maximum atomic E-state index is 13.4. The third kappa shape index (κ3) is 4.30. The van der Waals surface area contributed by atoms with Crippen LogP contribution < -0.4 is 10.2 Å². The van der Waals surface area contributed by atoms with E-state index in [0.29, 0.717) is 23.9 Å². The number of quaternary nitrogens is 1. The molecule has 0 unspecified atom stereocenters. The number of halogens is 1. The van der Waals surface area contributed by atoms with Crippen LogP contribution in [0.1, 0.15) is 25.8 Å². The Kier molecular flexibility index (Phi) is 5.12. The van der Waals surface area contributed by atoms with E-state index in [-0.39, 0.29) is 18.3 Å². The summed E-state index contributed by atoms with van der Waals surface area (Å²) < 4.78 is 13.4. The molecule has 0 spiro atoms. The second-order valence-electron chi connectivity index (χ2n) is 6.15. The van der Waals surface area contributed by atoms with Crippen LogP contribution in [0.2, 0.25) is 0 Å². The number of nitrogens with one attached hydrogen (secondary N) is 2. The molecule has 2 atom stereocenters. The third-order valence-electron chi connectivity index (χ3n) is 3.92. The molecule has 1 fully saturated rings. The van der Waals surface area contributed by atoms with Gasteiger partial charge in [-0.15, -0.1) is 0 Å². The molecule has 2 rings (SSSR count). The van der Waals surface area contributed by atoms with Gasteiger partial charge in [-0.05, 0) is 12.5 Å². The maximum Gasteiger partial charge on any atom is 0.275 e. The zero-order chi connectivity index (χ0) is 14.5. The number of piperidine rings is 1. The summed E-state index contributed by atoms with van der Waals surface area (Å²) >= 11 is 0. The zero-order valence-electron chi connectivity index (χ0n) is 12.3. The first kappa shape index (κ1) is 15.0. The number of rotatable bonds is 4. The van der Waals surface area contributed by atoms with E-state index in [4.69, 9.17) is 0 Å². The maximum absolute atomic E-state index is 13.4. The van der Waals surface area contributed by atoms with Gasteiger partial charge in [0.25, 0.3) is 5.91 Å². The first-order valence-electron chi connectivity index (χ1n) is 7.38. The minimum Gasteiger partial charge on any atom is -0.347 e. The molecule has 1 saturated heterocycles. The lowest BCUT2D eigenvalue weighted by Crippen LogP contribution is -3.15. The first-order valence-corrected chi connectivity index (χ1v) is 7.38. The van der Waals surface area contributed by atoms with Crippen molar-refractivity contribution in [1.82, 2.24) is 5.32 Å². The van der Waals surface area contributed by atoms with Gasteiger partial charge < -0.3 is 10.2 Å². The molecule has 110 valence electrons. The van der Waals surface area contributed by atoms with Crippen LogP contribution in [-0.2, 0) is 11.3 Å². The van der Waals surface area contributed by atoms with E-state index in [0.717, 1.165) is 13.1 Å². The van der Waals surface area contributed by atoms with Crippen LogP contribution >= 0.6 is 0 Å². The minimum absolute atomic E-state index is 0.00422. The van der Waals surface area contributed by atoms with Gasteiger partial charge in [0.15, 0.2) is 6.54 Å². The Morgan fingerprint density at radius 2 is 1.95 bits per heavy atom. The monoisotopic (exact) mass is 279 g/mol. The Labute approximate surface area is 120 Å². The summed E-state index contributed by atoms with van der Waals surface area (Å²) in [6.07, 6.45) is 1.25. The average molecular weight is 279 g/mol. The number of hydrogen-bond acceptors (Lipinski definition) is 1. The van der Waals surface area contributed by atoms with Crippen LogP contribution in [0.15, 0.2) is 24.3 Å². The number of likely N-dealkylation sites (tertiary alicyclic amines) is 1. The van der Waals surface area contributed by atoms with Crippen LogP contribution in [0.25, 0.3) is 0 Å². The highest BCUT2D eigenvalue weighted by atomic mass is 19.1. The van der Waals surface area contributed by atoms with Gasteiger partial charge in [0.1, 0.15) is 5.82 Å². The van der Waals surface area contributed by atoms with Crippen molar-refractivity contribution in [2.75, 3.05) is 19.6 Å². The molecule has 1 amide bonds. The van der Waals surface area contributed by atoms with Crippen molar-refractivity contribution in [3.8, 4) is 0 Å². The number of amides is 1. The van der Waals surface area contributed by atoms with Gasteiger partial charge in [-0.1, -0.05) is 32.0 Å². The Morgan fingerprint density at radius 3 is 2.60 bits per heavy atom. The lowest BCUT2D eigenvalue weighted by atomic mass is 9.92. The molecule has 1 heterocycles. The van der Waals surface area contributed by atoms with E-state index in [9.17, 15) is 9.18 Å². The van der Waals surface area contributed by atoms with Crippen LogP contribution in [0, 0.1) is 17.7 Å². The van der Waals surface area contributed by atoms with E-state index in [1.807, 2.05) is 0 Å². The van der Waals surface area contributed by atoms with Gasteiger partial charge in [-0.25, -0.2) is 4.39 Å². The summed E-state index contributed by atoms with van der Waals surface area (Å²) in [5.41, 5.74) is 0.538. The normalized spacial score (nSPS) is 26.2. The van der Waals surface area contributed by atoms with Crippen molar-refractivity contribution in [2.45, 2.75) is 26.8 Å². The summed E-state index contributed by atoms with van der Waals surface area (Å²) in [5, 5.41) is 2.82. The Morgan fingerprint density at radius 1 is 1.30 bits per heavy atom. The molecule has 1 aromatic carbocycles. The van der Waals surface area contributed by atoms with Gasteiger partial charge in [0, 0.05) is 23.9 Å². The van der Waals surface area contributed by atoms with Crippen molar-refractivity contribution in [2.24, 2.45) is 11.8 Å². The quantitative estimate of drug-likeness (QED) is 0.847. The molecule has 20 heavy (non-hydrogen) atoms. The molecule has 0 aromatic heterocycles. The van der Waals surface area contributed by atoms with E-state index in [1.54, 1.807) is 18.2 Å². The molecule has 3 nitrogen and oxygen atoms in total. The van der Waals surface area contributed by atoms with E-state index < -0.39 is 0 Å². The molecule has 0 bridgehead atoms. The molecule has 0 aliphatic carbocycles. The molecule has 4 heteroatoms. The van der Waals surface area contributed by atoms with Crippen molar-refractivity contribution in [1.29, 1.82) is 0 Å². The van der Waals surface area contributed by atoms with Gasteiger partial charge in [-0.2, -0.15) is 0 Å². The van der Waals surface area contributed by atoms with Crippen LogP contribution in [0.3, 0.4) is 0 Å². The number of carbonyl (C=O) groups excluding carboxylic acids is 1. The highest BCUT2D eigenvalue weighted by molar-refractivity contribution is 5.76. The van der Waals surface area contributed by atoms with Crippen molar-refractivity contribution in [3.05, 3.63) is 35.6 Å². The minimum atomic E-state index is -0.264. The molecule has 0 saturated carbocycles. The fourth-order valence-electron chi connectivity index (χ4n) is 3.19. The summed E-state index contributed by atoms with van der Waals surface area (Å²) in [7, 11) is 0. The van der Waals surface area contributed by atoms with Crippen molar-refractivity contribution in [3.63, 3.8) is 0 Å². The second-order valence-corrected chi connectivity index (χ2v) is 6.15. The van der Waals surface area contributed by atoms with Crippen LogP contribution in [-0.4, -0.2) is 25.5 Å². The lowest BCUT2D eigenvalue weighted by Gasteiger charge is -2.31. The highest BCUT2D eigenvalue weighted by Crippen LogP contribution is 2.11. The highest BCUT2D eigenvalue weighted by Gasteiger charge is 2.26. The fraction of sp³-hybridized carbons (Fsp3) is 0.562. The molecule has 2 N–H and O–H groups in total. The van der Waals surface area contributed by atoms with Crippen molar-refractivity contribution < 1.29 is 14.1 Å². The smallest absolute Gasteiger partial charge is 0.275 e. The lowest BCUT2D eigenvalue weighted by molar-refractivity contribution is -0.904. The molecular formula is C16H24FN2O+. The summed E-state index contributed by atoms with van der Waals surface area (Å²) in [6, 6.07) is 6.55. The standard InChI is InChI=1S/C16H23FN2O/c1-12-7-13(2)10-19(9-12)11-16(20)18-8-14-5-3-4-6-15(14)17/h3-6,12-13H,7-11H2,1-2H3,(H,18,20)/p+1/t12-,13-/m0/s1. The average Bonchev–Trinajstić information content (AvgIpc) is 2.36. The van der Waals surface area contributed by atoms with Gasteiger partial charge in [0.05, 0.1) is 13.1 Å². The van der Waals surface area contributed by atoms with Crippen LogP contribution in [0.5, 0.6) is 0 Å². The van der Waals surface area contributed by atoms with E-state index in [2.05, 4.69) is 19.2 Å². The van der Waals surface area contributed by atoms with E-state index >= 15 is 0 Å². The zero-order valence-corrected chi connectivity index (χ0v) is 12.3. The summed E-state index contributed by atoms with van der Waals surface area (Å²) in [4.78, 5) is 13.3. The van der Waals surface area contributed by atoms with E-state index in [1.165, 1.54) is 17.4 Å². The van der Waals surface area contributed by atoms with Gasteiger partial charge in [0.2, 0.25) is 0 Å². The number of benzene rings is 1. The predicted octanol–water partition coefficient (Wildman–Crippen LogP) is 1.00. The molecule has 0 radical (unpaired) electrons. The topological polar surface area (TPSA) is 33.5 Å². The molecule has 1 aliphatic heterocycles. The first-order chi connectivity index (χ1) is 9.54. The SMILES string of the molecule is C[C@H]1C[C@H](C)C[NH+](CC(=O)NCc2ccccc2F)C1. The van der Waals surface area contributed by atoms with Crippen LogP contribution in [0.4, 0.5) is 4.39 Å². The third-order valence-corrected chi connectivity index (χ3v) is 3.92. The second kappa shape index (κ2) is 6.84. The molecule has 1 aliphatic rings. The summed E-state index contributed by atoms with van der Waals surface area (Å²) in [5.74, 6) is 1.09. The predicted molar refractivity (Wildman–Crippen MR) is 76.8 cm³/mol. The number of carbonyl (C=O) groups is 1. The Bertz CT molecular complexity index is 454. The Balaban J connectivity index is 1.79. The largest absolute Gasteiger partial charge is 0.347 e. The molecular weight excluding hydrogens is 255 g/mol. The Hall–Kier alpha value is -1.42. The molecule has 1 aromatic rings.